The predicted octanol–water partition coefficient (Wildman–Crippen LogP) is 4.87. The molecule has 1 N–H and O–H groups in total. The number of aliphatic hydroxyl groups is 1. The van der Waals surface area contributed by atoms with Gasteiger partial charge >= 0.3 is 0 Å². The summed E-state index contributed by atoms with van der Waals surface area (Å²) in [6.07, 6.45) is 0.222. The summed E-state index contributed by atoms with van der Waals surface area (Å²) in [6.45, 7) is 8.41. The minimum absolute atomic E-state index is 0.00709. The maximum atomic E-state index is 12.9. The quantitative estimate of drug-likeness (QED) is 0.742. The third-order valence-electron chi connectivity index (χ3n) is 5.53. The van der Waals surface area contributed by atoms with E-state index in [1.807, 2.05) is 48.5 Å². The van der Waals surface area contributed by atoms with E-state index < -0.39 is 17.7 Å². The lowest BCUT2D eigenvalue weighted by Crippen LogP contribution is -2.30. The smallest absolute Gasteiger partial charge is 0.290 e. The summed E-state index contributed by atoms with van der Waals surface area (Å²) in [6, 6.07) is 14.7. The van der Waals surface area contributed by atoms with Crippen LogP contribution in [0.2, 0.25) is 0 Å². The monoisotopic (exact) mass is 407 g/mol. The SMILES string of the molecule is CCC(=O)C1=C(O)C(=O)N(Cc2ccc(OC)cc2)C1c1ccc(C(C)(C)C)cc1. The molecular formula is C25H29NO4. The zero-order valence-electron chi connectivity index (χ0n) is 18.2. The molecule has 0 spiro atoms. The normalized spacial score (nSPS) is 16.9. The fourth-order valence-corrected chi connectivity index (χ4v) is 3.73. The van der Waals surface area contributed by atoms with Gasteiger partial charge in [-0.15, -0.1) is 0 Å². The highest BCUT2D eigenvalue weighted by Crippen LogP contribution is 2.39. The second kappa shape index (κ2) is 8.34. The number of aliphatic hydroxyl groups excluding tert-OH is 1. The van der Waals surface area contributed by atoms with E-state index in [9.17, 15) is 14.7 Å². The van der Waals surface area contributed by atoms with Crippen molar-refractivity contribution in [1.29, 1.82) is 0 Å². The van der Waals surface area contributed by atoms with Crippen LogP contribution >= 0.6 is 0 Å². The second-order valence-electron chi connectivity index (χ2n) is 8.59. The van der Waals surface area contributed by atoms with E-state index in [2.05, 4.69) is 20.8 Å². The number of rotatable bonds is 6. The minimum Gasteiger partial charge on any atom is -0.503 e. The number of methoxy groups -OCH3 is 1. The van der Waals surface area contributed by atoms with Crippen molar-refractivity contribution in [2.45, 2.75) is 52.1 Å². The molecule has 30 heavy (non-hydrogen) atoms. The molecule has 0 fully saturated rings. The second-order valence-corrected chi connectivity index (χ2v) is 8.59. The number of nitrogens with zero attached hydrogens (tertiary/aromatic N) is 1. The number of hydrogen-bond donors (Lipinski definition) is 1. The minimum atomic E-state index is -0.610. The van der Waals surface area contributed by atoms with Gasteiger partial charge in [-0.25, -0.2) is 0 Å². The van der Waals surface area contributed by atoms with Gasteiger partial charge in [0.25, 0.3) is 5.91 Å². The predicted molar refractivity (Wildman–Crippen MR) is 116 cm³/mol. The van der Waals surface area contributed by atoms with Crippen LogP contribution in [0, 0.1) is 0 Å². The standard InChI is InChI=1S/C25H29NO4/c1-6-20(27)21-22(17-9-11-18(12-10-17)25(2,3)4)26(24(29)23(21)28)15-16-7-13-19(30-5)14-8-16/h7-14,22,28H,6,15H2,1-5H3. The number of ketones is 1. The van der Waals surface area contributed by atoms with Crippen molar-refractivity contribution >= 4 is 11.7 Å². The molecule has 2 aromatic carbocycles. The summed E-state index contributed by atoms with van der Waals surface area (Å²) in [5.41, 5.74) is 3.03. The zero-order chi connectivity index (χ0) is 22.1. The Bertz CT molecular complexity index is 966. The lowest BCUT2D eigenvalue weighted by Gasteiger charge is -2.28. The van der Waals surface area contributed by atoms with Crippen LogP contribution in [-0.2, 0) is 21.5 Å². The summed E-state index contributed by atoms with van der Waals surface area (Å²) in [5.74, 6) is -0.459. The number of benzene rings is 2. The number of hydrogen-bond acceptors (Lipinski definition) is 4. The van der Waals surface area contributed by atoms with E-state index in [1.54, 1.807) is 18.9 Å². The molecular weight excluding hydrogens is 378 g/mol. The van der Waals surface area contributed by atoms with Gasteiger partial charge in [0.1, 0.15) is 5.75 Å². The number of Topliss-reactive ketones (excluding diaryl/α,β-unsaturated/α-hetero) is 1. The van der Waals surface area contributed by atoms with Crippen LogP contribution in [0.25, 0.3) is 0 Å². The van der Waals surface area contributed by atoms with Crippen molar-refractivity contribution in [1.82, 2.24) is 4.90 Å². The van der Waals surface area contributed by atoms with Crippen LogP contribution in [0.3, 0.4) is 0 Å². The van der Waals surface area contributed by atoms with Crippen molar-refractivity contribution in [2.75, 3.05) is 7.11 Å². The maximum absolute atomic E-state index is 12.9. The molecule has 0 aliphatic carbocycles. The van der Waals surface area contributed by atoms with Crippen LogP contribution < -0.4 is 4.74 Å². The van der Waals surface area contributed by atoms with E-state index in [0.29, 0.717) is 0 Å². The summed E-state index contributed by atoms with van der Waals surface area (Å²) >= 11 is 0. The first-order chi connectivity index (χ1) is 14.2. The summed E-state index contributed by atoms with van der Waals surface area (Å²) in [7, 11) is 1.60. The fraction of sp³-hybridized carbons (Fsp3) is 0.360. The zero-order valence-corrected chi connectivity index (χ0v) is 18.2. The van der Waals surface area contributed by atoms with E-state index >= 15 is 0 Å². The summed E-state index contributed by atoms with van der Waals surface area (Å²) < 4.78 is 5.20. The number of carbonyl (C=O) groups is 2. The van der Waals surface area contributed by atoms with E-state index in [0.717, 1.165) is 22.4 Å². The molecule has 2 aromatic rings. The maximum Gasteiger partial charge on any atom is 0.290 e. The van der Waals surface area contributed by atoms with E-state index in [1.165, 1.54) is 0 Å². The molecule has 0 bridgehead atoms. The highest BCUT2D eigenvalue weighted by Gasteiger charge is 2.42. The van der Waals surface area contributed by atoms with E-state index in [4.69, 9.17) is 4.74 Å². The third kappa shape index (κ3) is 4.11. The van der Waals surface area contributed by atoms with Crippen molar-refractivity contribution in [2.24, 2.45) is 0 Å². The third-order valence-corrected chi connectivity index (χ3v) is 5.53. The van der Waals surface area contributed by atoms with Crippen LogP contribution in [0.5, 0.6) is 5.75 Å². The topological polar surface area (TPSA) is 66.8 Å². The molecule has 1 amide bonds. The van der Waals surface area contributed by atoms with Crippen molar-refractivity contribution in [3.05, 3.63) is 76.6 Å². The van der Waals surface area contributed by atoms with Crippen LogP contribution in [0.15, 0.2) is 59.9 Å². The molecule has 0 saturated carbocycles. The average Bonchev–Trinajstić information content (AvgIpc) is 2.98. The lowest BCUT2D eigenvalue weighted by atomic mass is 9.85. The van der Waals surface area contributed by atoms with Gasteiger partial charge in [0, 0.05) is 13.0 Å². The molecule has 1 aliphatic rings. The summed E-state index contributed by atoms with van der Waals surface area (Å²) in [5, 5.41) is 10.6. The van der Waals surface area contributed by atoms with Crippen LogP contribution in [0.1, 0.15) is 56.8 Å². The highest BCUT2D eigenvalue weighted by atomic mass is 16.5. The van der Waals surface area contributed by atoms with Gasteiger partial charge in [0.15, 0.2) is 11.5 Å². The van der Waals surface area contributed by atoms with Gasteiger partial charge in [-0.05, 0) is 34.2 Å². The lowest BCUT2D eigenvalue weighted by molar-refractivity contribution is -0.130. The van der Waals surface area contributed by atoms with Gasteiger partial charge in [-0.2, -0.15) is 0 Å². The first kappa shape index (κ1) is 21.6. The van der Waals surface area contributed by atoms with Gasteiger partial charge in [-0.3, -0.25) is 9.59 Å². The molecule has 0 aromatic heterocycles. The summed E-state index contributed by atoms with van der Waals surface area (Å²) in [4.78, 5) is 27.1. The first-order valence-electron chi connectivity index (χ1n) is 10.2. The molecule has 3 rings (SSSR count). The highest BCUT2D eigenvalue weighted by molar-refractivity contribution is 6.08. The van der Waals surface area contributed by atoms with Crippen LogP contribution in [0.4, 0.5) is 0 Å². The molecule has 0 saturated heterocycles. The Morgan fingerprint density at radius 2 is 1.67 bits per heavy atom. The Morgan fingerprint density at radius 1 is 1.07 bits per heavy atom. The molecule has 0 radical (unpaired) electrons. The molecule has 5 heteroatoms. The number of carbonyl (C=O) groups excluding carboxylic acids is 2. The van der Waals surface area contributed by atoms with Crippen molar-refractivity contribution < 1.29 is 19.4 Å². The Kier molecular flexibility index (Phi) is 6.01. The van der Waals surface area contributed by atoms with E-state index in [-0.39, 0.29) is 29.7 Å². The molecule has 5 nitrogen and oxygen atoms in total. The van der Waals surface area contributed by atoms with Crippen molar-refractivity contribution in [3.63, 3.8) is 0 Å². The number of amides is 1. The Morgan fingerprint density at radius 3 is 2.17 bits per heavy atom. The molecule has 1 unspecified atom stereocenters. The van der Waals surface area contributed by atoms with Gasteiger partial charge in [0.05, 0.1) is 18.7 Å². The largest absolute Gasteiger partial charge is 0.503 e. The molecule has 1 heterocycles. The molecule has 158 valence electrons. The van der Waals surface area contributed by atoms with Crippen molar-refractivity contribution in [3.8, 4) is 5.75 Å². The molecule has 1 atom stereocenters. The fourth-order valence-electron chi connectivity index (χ4n) is 3.73. The van der Waals surface area contributed by atoms with Gasteiger partial charge in [0.2, 0.25) is 0 Å². The molecule has 1 aliphatic heterocycles. The van der Waals surface area contributed by atoms with Gasteiger partial charge in [-0.1, -0.05) is 64.1 Å². The number of ether oxygens (including phenoxy) is 1. The Balaban J connectivity index is 2.01. The first-order valence-corrected chi connectivity index (χ1v) is 10.2. The van der Waals surface area contributed by atoms with Crippen LogP contribution in [-0.4, -0.2) is 28.8 Å². The van der Waals surface area contributed by atoms with Gasteiger partial charge < -0.3 is 14.7 Å². The average molecular weight is 408 g/mol. The Hall–Kier alpha value is -3.08. The Labute approximate surface area is 178 Å².